The molecule has 0 bridgehead atoms. The summed E-state index contributed by atoms with van der Waals surface area (Å²) in [6, 6.07) is 9.78. The van der Waals surface area contributed by atoms with Crippen molar-refractivity contribution in [3.63, 3.8) is 0 Å². The molecule has 130 valence electrons. The lowest BCUT2D eigenvalue weighted by Gasteiger charge is -2.21. The van der Waals surface area contributed by atoms with Crippen molar-refractivity contribution in [3.8, 4) is 0 Å². The van der Waals surface area contributed by atoms with E-state index in [-0.39, 0.29) is 22.4 Å². The molecule has 1 N–H and O–H groups in total. The first kappa shape index (κ1) is 17.4. The number of aryl methyl sites for hydroxylation is 2. The van der Waals surface area contributed by atoms with E-state index < -0.39 is 10.0 Å². The highest BCUT2D eigenvalue weighted by atomic mass is 32.2. The minimum Gasteiger partial charge on any atom is -0.362 e. The molecule has 1 aromatic carbocycles. The van der Waals surface area contributed by atoms with Gasteiger partial charge < -0.3 is 4.98 Å². The molecule has 0 aliphatic carbocycles. The van der Waals surface area contributed by atoms with Crippen LogP contribution >= 0.6 is 11.3 Å². The second-order valence-corrected chi connectivity index (χ2v) is 8.29. The van der Waals surface area contributed by atoms with Crippen LogP contribution < -0.4 is 4.31 Å². The second-order valence-electron chi connectivity index (χ2n) is 5.55. The predicted molar refractivity (Wildman–Crippen MR) is 97.7 cm³/mol. The maximum absolute atomic E-state index is 13.0. The van der Waals surface area contributed by atoms with E-state index in [2.05, 4.69) is 9.97 Å². The molecule has 0 radical (unpaired) electrons. The Labute approximate surface area is 150 Å². The molecule has 8 heteroatoms. The first-order valence-electron chi connectivity index (χ1n) is 7.56. The summed E-state index contributed by atoms with van der Waals surface area (Å²) >= 11 is 1.17. The van der Waals surface area contributed by atoms with Crippen molar-refractivity contribution in [1.29, 1.82) is 0 Å². The number of aromatic amines is 1. The van der Waals surface area contributed by atoms with Gasteiger partial charge in [0.05, 0.1) is 4.90 Å². The first-order valence-corrected chi connectivity index (χ1v) is 9.88. The SMILES string of the molecule is Cc1cc(C(=O)CN(c2nccs2)S(=O)(=O)c2ccccc2)c(C)[nH]1. The zero-order chi connectivity index (χ0) is 18.0. The van der Waals surface area contributed by atoms with Crippen LogP contribution in [0.3, 0.4) is 0 Å². The maximum atomic E-state index is 13.0. The maximum Gasteiger partial charge on any atom is 0.266 e. The Morgan fingerprint density at radius 3 is 2.52 bits per heavy atom. The zero-order valence-corrected chi connectivity index (χ0v) is 15.4. The predicted octanol–water partition coefficient (Wildman–Crippen LogP) is 3.17. The molecule has 25 heavy (non-hydrogen) atoms. The summed E-state index contributed by atoms with van der Waals surface area (Å²) < 4.78 is 27.1. The third-order valence-corrected chi connectivity index (χ3v) is 6.36. The van der Waals surface area contributed by atoms with Crippen molar-refractivity contribution >= 4 is 32.3 Å². The van der Waals surface area contributed by atoms with Gasteiger partial charge in [0.25, 0.3) is 10.0 Å². The van der Waals surface area contributed by atoms with Crippen LogP contribution in [0.25, 0.3) is 0 Å². The average Bonchev–Trinajstić information content (AvgIpc) is 3.22. The Balaban J connectivity index is 2.00. The van der Waals surface area contributed by atoms with Crippen molar-refractivity contribution in [2.45, 2.75) is 18.7 Å². The second kappa shape index (κ2) is 6.81. The number of nitrogens with zero attached hydrogens (tertiary/aromatic N) is 2. The number of rotatable bonds is 6. The number of H-pyrrole nitrogens is 1. The summed E-state index contributed by atoms with van der Waals surface area (Å²) in [6.45, 7) is 3.34. The normalized spacial score (nSPS) is 11.4. The molecule has 0 fully saturated rings. The van der Waals surface area contributed by atoms with Crippen molar-refractivity contribution in [1.82, 2.24) is 9.97 Å². The van der Waals surface area contributed by atoms with Gasteiger partial charge in [-0.2, -0.15) is 0 Å². The van der Waals surface area contributed by atoms with E-state index in [1.54, 1.807) is 36.6 Å². The molecule has 0 aliphatic rings. The third kappa shape index (κ3) is 3.49. The molecule has 6 nitrogen and oxygen atoms in total. The fourth-order valence-electron chi connectivity index (χ4n) is 2.54. The number of carbonyl (C=O) groups is 1. The number of thiazole rings is 1. The fourth-order valence-corrected chi connectivity index (χ4v) is 4.81. The van der Waals surface area contributed by atoms with Crippen LogP contribution in [0, 0.1) is 13.8 Å². The van der Waals surface area contributed by atoms with Crippen molar-refractivity contribution in [3.05, 3.63) is 64.9 Å². The molecule has 0 amide bonds. The van der Waals surface area contributed by atoms with E-state index in [0.29, 0.717) is 5.56 Å². The Morgan fingerprint density at radius 2 is 1.96 bits per heavy atom. The van der Waals surface area contributed by atoms with Crippen LogP contribution in [0.5, 0.6) is 0 Å². The highest BCUT2D eigenvalue weighted by Gasteiger charge is 2.29. The van der Waals surface area contributed by atoms with Gasteiger partial charge in [-0.15, -0.1) is 11.3 Å². The Hall–Kier alpha value is -2.45. The summed E-state index contributed by atoms with van der Waals surface area (Å²) in [6.07, 6.45) is 1.52. The number of Topliss-reactive ketones (excluding diaryl/α,β-unsaturated/α-hetero) is 1. The van der Waals surface area contributed by atoms with E-state index in [0.717, 1.165) is 15.7 Å². The Morgan fingerprint density at radius 1 is 1.24 bits per heavy atom. The van der Waals surface area contributed by atoms with Crippen molar-refractivity contribution < 1.29 is 13.2 Å². The number of ketones is 1. The number of benzene rings is 1. The van der Waals surface area contributed by atoms with E-state index >= 15 is 0 Å². The minimum atomic E-state index is -3.88. The molecule has 0 spiro atoms. The molecule has 2 heterocycles. The van der Waals surface area contributed by atoms with E-state index in [1.165, 1.54) is 29.7 Å². The molecular weight excluding hydrogens is 358 g/mol. The van der Waals surface area contributed by atoms with Gasteiger partial charge >= 0.3 is 0 Å². The van der Waals surface area contributed by atoms with Gasteiger partial charge in [-0.05, 0) is 32.0 Å². The fraction of sp³-hybridized carbons (Fsp3) is 0.176. The number of anilines is 1. The molecule has 3 rings (SSSR count). The van der Waals surface area contributed by atoms with Gasteiger partial charge in [-0.1, -0.05) is 18.2 Å². The zero-order valence-electron chi connectivity index (χ0n) is 13.8. The molecular formula is C17H17N3O3S2. The first-order chi connectivity index (χ1) is 11.9. The van der Waals surface area contributed by atoms with Crippen LogP contribution in [0.4, 0.5) is 5.13 Å². The van der Waals surface area contributed by atoms with Gasteiger partial charge in [0, 0.05) is 28.5 Å². The van der Waals surface area contributed by atoms with Gasteiger partial charge in [0.2, 0.25) is 0 Å². The highest BCUT2D eigenvalue weighted by molar-refractivity contribution is 7.93. The van der Waals surface area contributed by atoms with Crippen LogP contribution in [0.2, 0.25) is 0 Å². The number of carbonyl (C=O) groups excluding carboxylic acids is 1. The smallest absolute Gasteiger partial charge is 0.266 e. The molecule has 0 aliphatic heterocycles. The van der Waals surface area contributed by atoms with Gasteiger partial charge in [0.15, 0.2) is 10.9 Å². The summed E-state index contributed by atoms with van der Waals surface area (Å²) in [5.41, 5.74) is 2.06. The van der Waals surface area contributed by atoms with Crippen LogP contribution in [-0.2, 0) is 10.0 Å². The molecule has 0 atom stereocenters. The molecule has 0 saturated heterocycles. The van der Waals surface area contributed by atoms with Gasteiger partial charge in [-0.3, -0.25) is 4.79 Å². The molecule has 3 aromatic rings. The third-order valence-electron chi connectivity index (χ3n) is 3.70. The number of nitrogens with one attached hydrogen (secondary N) is 1. The monoisotopic (exact) mass is 375 g/mol. The lowest BCUT2D eigenvalue weighted by atomic mass is 10.1. The Bertz CT molecular complexity index is 978. The summed E-state index contributed by atoms with van der Waals surface area (Å²) in [5.74, 6) is -0.281. The summed E-state index contributed by atoms with van der Waals surface area (Å²) in [4.78, 5) is 20.0. The molecule has 0 unspecified atom stereocenters. The van der Waals surface area contributed by atoms with E-state index in [4.69, 9.17) is 0 Å². The molecule has 0 saturated carbocycles. The Kier molecular flexibility index (Phi) is 4.73. The van der Waals surface area contributed by atoms with Crippen LogP contribution in [0.1, 0.15) is 21.7 Å². The minimum absolute atomic E-state index is 0.125. The number of hydrogen-bond donors (Lipinski definition) is 1. The highest BCUT2D eigenvalue weighted by Crippen LogP contribution is 2.26. The van der Waals surface area contributed by atoms with Crippen molar-refractivity contribution in [2.24, 2.45) is 0 Å². The lowest BCUT2D eigenvalue weighted by Crippen LogP contribution is -2.35. The average molecular weight is 375 g/mol. The summed E-state index contributed by atoms with van der Waals surface area (Å²) in [5, 5.41) is 1.95. The van der Waals surface area contributed by atoms with Crippen LogP contribution in [-0.4, -0.2) is 30.7 Å². The molecule has 2 aromatic heterocycles. The topological polar surface area (TPSA) is 83.1 Å². The van der Waals surface area contributed by atoms with E-state index in [9.17, 15) is 13.2 Å². The lowest BCUT2D eigenvalue weighted by molar-refractivity contribution is 0.100. The van der Waals surface area contributed by atoms with Crippen LogP contribution in [0.15, 0.2) is 52.9 Å². The largest absolute Gasteiger partial charge is 0.362 e. The van der Waals surface area contributed by atoms with Gasteiger partial charge in [0.1, 0.15) is 6.54 Å². The number of sulfonamides is 1. The van der Waals surface area contributed by atoms with Crippen molar-refractivity contribution in [2.75, 3.05) is 10.8 Å². The summed E-state index contributed by atoms with van der Waals surface area (Å²) in [7, 11) is -3.88. The quantitative estimate of drug-likeness (QED) is 0.671. The van der Waals surface area contributed by atoms with E-state index in [1.807, 2.05) is 6.92 Å². The number of hydrogen-bond acceptors (Lipinski definition) is 5. The standard InChI is InChI=1S/C17H17N3O3S2/c1-12-10-15(13(2)19-12)16(21)11-20(17-18-8-9-24-17)25(22,23)14-6-4-3-5-7-14/h3-10,19H,11H2,1-2H3. The number of aromatic nitrogens is 2. The van der Waals surface area contributed by atoms with Gasteiger partial charge in [-0.25, -0.2) is 17.7 Å².